The van der Waals surface area contributed by atoms with Crippen molar-refractivity contribution in [1.29, 1.82) is 0 Å². The molecule has 6 heteroatoms. The van der Waals surface area contributed by atoms with Crippen LogP contribution in [0.15, 0.2) is 64.2 Å². The molecule has 0 aliphatic carbocycles. The third-order valence-corrected chi connectivity index (χ3v) is 5.03. The maximum Gasteiger partial charge on any atom is 0.271 e. The van der Waals surface area contributed by atoms with E-state index >= 15 is 0 Å². The number of carbonyl (C=O) groups excluding carboxylic acids is 1. The van der Waals surface area contributed by atoms with Crippen LogP contribution in [0.25, 0.3) is 5.69 Å². The number of amides is 1. The fourth-order valence-corrected chi connectivity index (χ4v) is 3.48. The van der Waals surface area contributed by atoms with Crippen molar-refractivity contribution in [2.75, 3.05) is 6.61 Å². The first-order valence-corrected chi connectivity index (χ1v) is 9.80. The largest absolute Gasteiger partial charge is 0.494 e. The lowest BCUT2D eigenvalue weighted by molar-refractivity contribution is 0.0955. The summed E-state index contributed by atoms with van der Waals surface area (Å²) in [6.07, 6.45) is 1.67. The molecule has 0 unspecified atom stereocenters. The summed E-state index contributed by atoms with van der Waals surface area (Å²) in [5.74, 6) is 0.473. The second-order valence-corrected chi connectivity index (χ2v) is 7.12. The quantitative estimate of drug-likeness (QED) is 0.432. The molecule has 1 aromatic heterocycles. The van der Waals surface area contributed by atoms with Crippen molar-refractivity contribution in [3.63, 3.8) is 0 Å². The van der Waals surface area contributed by atoms with Gasteiger partial charge in [0.05, 0.1) is 18.5 Å². The van der Waals surface area contributed by atoms with Crippen molar-refractivity contribution >= 4 is 28.1 Å². The van der Waals surface area contributed by atoms with Gasteiger partial charge in [0, 0.05) is 27.0 Å². The standard InChI is InChI=1S/C22H22BrN3O2/c1-4-28-19-11-9-17(10-12-19)22(27)25-24-14-18-13-15(2)26(16(18)3)21-8-6-5-7-20(21)23/h5-14H,4H2,1-3H3,(H,25,27)/b24-14-. The molecule has 3 rings (SSSR count). The molecule has 0 aliphatic rings. The number of aromatic nitrogens is 1. The van der Waals surface area contributed by atoms with Crippen molar-refractivity contribution in [2.45, 2.75) is 20.8 Å². The van der Waals surface area contributed by atoms with Gasteiger partial charge in [0.25, 0.3) is 5.91 Å². The molecular formula is C22H22BrN3O2. The lowest BCUT2D eigenvalue weighted by Gasteiger charge is -2.11. The van der Waals surface area contributed by atoms with Gasteiger partial charge in [-0.3, -0.25) is 4.79 Å². The lowest BCUT2D eigenvalue weighted by atomic mass is 10.2. The van der Waals surface area contributed by atoms with Crippen LogP contribution in [0.1, 0.15) is 34.2 Å². The van der Waals surface area contributed by atoms with Gasteiger partial charge in [-0.25, -0.2) is 5.43 Å². The van der Waals surface area contributed by atoms with E-state index in [2.05, 4.69) is 37.1 Å². The molecule has 5 nitrogen and oxygen atoms in total. The van der Waals surface area contributed by atoms with Gasteiger partial charge in [0.1, 0.15) is 5.75 Å². The van der Waals surface area contributed by atoms with Gasteiger partial charge in [-0.15, -0.1) is 0 Å². The Balaban J connectivity index is 1.74. The number of hydrogen-bond donors (Lipinski definition) is 1. The summed E-state index contributed by atoms with van der Waals surface area (Å²) in [6, 6.07) is 17.1. The van der Waals surface area contributed by atoms with Crippen molar-refractivity contribution in [2.24, 2.45) is 5.10 Å². The summed E-state index contributed by atoms with van der Waals surface area (Å²) in [6.45, 7) is 6.58. The monoisotopic (exact) mass is 439 g/mol. The van der Waals surface area contributed by atoms with Gasteiger partial charge in [0.2, 0.25) is 0 Å². The average molecular weight is 440 g/mol. The Morgan fingerprint density at radius 3 is 2.57 bits per heavy atom. The Bertz CT molecular complexity index is 1010. The minimum Gasteiger partial charge on any atom is -0.494 e. The van der Waals surface area contributed by atoms with E-state index in [9.17, 15) is 4.79 Å². The number of nitrogens with one attached hydrogen (secondary N) is 1. The van der Waals surface area contributed by atoms with E-state index in [-0.39, 0.29) is 5.91 Å². The molecule has 0 saturated heterocycles. The zero-order valence-electron chi connectivity index (χ0n) is 16.1. The van der Waals surface area contributed by atoms with Crippen LogP contribution in [0.2, 0.25) is 0 Å². The van der Waals surface area contributed by atoms with Crippen LogP contribution >= 0.6 is 15.9 Å². The molecule has 0 radical (unpaired) electrons. The number of ether oxygens (including phenoxy) is 1. The Labute approximate surface area is 173 Å². The van der Waals surface area contributed by atoms with Crippen molar-refractivity contribution in [3.05, 3.63) is 81.6 Å². The van der Waals surface area contributed by atoms with Gasteiger partial charge >= 0.3 is 0 Å². The number of halogens is 1. The molecule has 144 valence electrons. The predicted molar refractivity (Wildman–Crippen MR) is 116 cm³/mol. The second-order valence-electron chi connectivity index (χ2n) is 6.27. The van der Waals surface area contributed by atoms with Crippen LogP contribution in [0.5, 0.6) is 5.75 Å². The molecule has 0 fully saturated rings. The fourth-order valence-electron chi connectivity index (χ4n) is 3.02. The van der Waals surface area contributed by atoms with Gasteiger partial charge in [-0.1, -0.05) is 12.1 Å². The average Bonchev–Trinajstić information content (AvgIpc) is 2.96. The summed E-state index contributed by atoms with van der Waals surface area (Å²) in [5, 5.41) is 4.13. The second kappa shape index (κ2) is 8.89. The lowest BCUT2D eigenvalue weighted by Crippen LogP contribution is -2.17. The van der Waals surface area contributed by atoms with Gasteiger partial charge < -0.3 is 9.30 Å². The summed E-state index contributed by atoms with van der Waals surface area (Å²) in [5.41, 5.74) is 7.25. The van der Waals surface area contributed by atoms with E-state index in [0.29, 0.717) is 12.2 Å². The Kier molecular flexibility index (Phi) is 6.31. The van der Waals surface area contributed by atoms with E-state index in [1.807, 2.05) is 45.0 Å². The van der Waals surface area contributed by atoms with E-state index in [0.717, 1.165) is 32.9 Å². The molecule has 2 aromatic carbocycles. The van der Waals surface area contributed by atoms with Crippen LogP contribution in [-0.2, 0) is 0 Å². The van der Waals surface area contributed by atoms with Crippen LogP contribution in [0.4, 0.5) is 0 Å². The van der Waals surface area contributed by atoms with E-state index < -0.39 is 0 Å². The maximum atomic E-state index is 12.3. The number of aryl methyl sites for hydroxylation is 1. The first-order chi connectivity index (χ1) is 13.5. The van der Waals surface area contributed by atoms with E-state index in [4.69, 9.17) is 4.74 Å². The summed E-state index contributed by atoms with van der Waals surface area (Å²) in [4.78, 5) is 12.3. The molecule has 0 saturated carbocycles. The number of carbonyl (C=O) groups is 1. The van der Waals surface area contributed by atoms with Gasteiger partial charge in [-0.05, 0) is 79.2 Å². The predicted octanol–water partition coefficient (Wildman–Crippen LogP) is 5.02. The van der Waals surface area contributed by atoms with Gasteiger partial charge in [-0.2, -0.15) is 5.10 Å². The Morgan fingerprint density at radius 1 is 1.18 bits per heavy atom. The number of para-hydroxylation sites is 1. The summed E-state index contributed by atoms with van der Waals surface area (Å²) in [7, 11) is 0. The van der Waals surface area contributed by atoms with Crippen LogP contribution in [0, 0.1) is 13.8 Å². The molecule has 3 aromatic rings. The van der Waals surface area contributed by atoms with Crippen LogP contribution in [-0.4, -0.2) is 23.3 Å². The van der Waals surface area contributed by atoms with Crippen LogP contribution in [0.3, 0.4) is 0 Å². The number of hydrogen-bond acceptors (Lipinski definition) is 3. The number of rotatable bonds is 6. The molecule has 0 spiro atoms. The molecule has 0 bridgehead atoms. The van der Waals surface area contributed by atoms with Crippen molar-refractivity contribution in [3.8, 4) is 11.4 Å². The van der Waals surface area contributed by atoms with E-state index in [1.54, 1.807) is 30.5 Å². The molecule has 0 atom stereocenters. The SMILES string of the molecule is CCOc1ccc(C(=O)N/N=C\c2cc(C)n(-c3ccccc3Br)c2C)cc1. The zero-order valence-corrected chi connectivity index (χ0v) is 17.7. The normalized spacial score (nSPS) is 11.0. The number of nitrogens with zero attached hydrogens (tertiary/aromatic N) is 2. The summed E-state index contributed by atoms with van der Waals surface area (Å²) >= 11 is 3.60. The van der Waals surface area contributed by atoms with Crippen LogP contribution < -0.4 is 10.2 Å². The highest BCUT2D eigenvalue weighted by molar-refractivity contribution is 9.10. The molecule has 0 aliphatic heterocycles. The third-order valence-electron chi connectivity index (χ3n) is 4.36. The third kappa shape index (κ3) is 4.34. The summed E-state index contributed by atoms with van der Waals surface area (Å²) < 4.78 is 8.55. The molecule has 1 amide bonds. The first kappa shape index (κ1) is 19.9. The molecular weight excluding hydrogens is 418 g/mol. The molecule has 28 heavy (non-hydrogen) atoms. The smallest absolute Gasteiger partial charge is 0.271 e. The van der Waals surface area contributed by atoms with Crippen molar-refractivity contribution < 1.29 is 9.53 Å². The zero-order chi connectivity index (χ0) is 20.1. The minimum atomic E-state index is -0.265. The number of benzene rings is 2. The highest BCUT2D eigenvalue weighted by Gasteiger charge is 2.11. The first-order valence-electron chi connectivity index (χ1n) is 9.01. The Hall–Kier alpha value is -2.86. The highest BCUT2D eigenvalue weighted by atomic mass is 79.9. The van der Waals surface area contributed by atoms with Crippen molar-refractivity contribution in [1.82, 2.24) is 9.99 Å². The molecule has 1 N–H and O–H groups in total. The number of hydrazone groups is 1. The fraction of sp³-hybridized carbons (Fsp3) is 0.182. The molecule has 1 heterocycles. The minimum absolute atomic E-state index is 0.265. The highest BCUT2D eigenvalue weighted by Crippen LogP contribution is 2.26. The topological polar surface area (TPSA) is 55.6 Å². The van der Waals surface area contributed by atoms with Gasteiger partial charge in [0.15, 0.2) is 0 Å². The maximum absolute atomic E-state index is 12.3. The van der Waals surface area contributed by atoms with E-state index in [1.165, 1.54) is 0 Å². The Morgan fingerprint density at radius 2 is 1.89 bits per heavy atom.